The van der Waals surface area contributed by atoms with Gasteiger partial charge in [-0.15, -0.1) is 0 Å². The monoisotopic (exact) mass is 343 g/mol. The van der Waals surface area contributed by atoms with E-state index >= 15 is 0 Å². The van der Waals surface area contributed by atoms with Gasteiger partial charge in [0.05, 0.1) is 23.5 Å². The van der Waals surface area contributed by atoms with E-state index in [1.807, 2.05) is 39.3 Å². The first-order chi connectivity index (χ1) is 10.6. The summed E-state index contributed by atoms with van der Waals surface area (Å²) in [5.74, 6) is 0.281. The summed E-state index contributed by atoms with van der Waals surface area (Å²) in [7, 11) is -3.54. The Morgan fingerprint density at radius 3 is 2.43 bits per heavy atom. The van der Waals surface area contributed by atoms with Crippen LogP contribution in [0.1, 0.15) is 45.5 Å². The standard InChI is InChI=1S/C16H29N3O3S/c1-7-18(10-14-8-9-22-11-14)23(20,21)15-12(2)17-19(13(15)3)16(4,5)6/h14H,7-11H2,1-6H3/t14-/m0/s1. The summed E-state index contributed by atoms with van der Waals surface area (Å²) >= 11 is 0. The molecular weight excluding hydrogens is 314 g/mol. The Hall–Kier alpha value is -0.920. The first-order valence-electron chi connectivity index (χ1n) is 8.23. The lowest BCUT2D eigenvalue weighted by molar-refractivity contribution is 0.181. The molecule has 0 amide bonds. The average Bonchev–Trinajstić information content (AvgIpc) is 3.03. The van der Waals surface area contributed by atoms with Crippen LogP contribution in [0.5, 0.6) is 0 Å². The molecule has 1 aromatic rings. The van der Waals surface area contributed by atoms with Crippen molar-refractivity contribution in [2.45, 2.75) is 58.4 Å². The highest BCUT2D eigenvalue weighted by atomic mass is 32.2. The number of hydrogen-bond donors (Lipinski definition) is 0. The first kappa shape index (κ1) is 18.4. The van der Waals surface area contributed by atoms with E-state index in [1.54, 1.807) is 11.2 Å². The zero-order valence-corrected chi connectivity index (χ0v) is 15.9. The Bertz CT molecular complexity index is 653. The van der Waals surface area contributed by atoms with Gasteiger partial charge in [0, 0.05) is 19.7 Å². The molecule has 1 aromatic heterocycles. The second-order valence-corrected chi connectivity index (χ2v) is 9.14. The molecule has 1 aliphatic rings. The number of sulfonamides is 1. The SMILES string of the molecule is CCN(C[C@@H]1CCOC1)S(=O)(=O)c1c(C)nn(C(C)(C)C)c1C. The fraction of sp³-hybridized carbons (Fsp3) is 0.812. The number of aromatic nitrogens is 2. The predicted octanol–water partition coefficient (Wildman–Crippen LogP) is 2.30. The molecule has 1 atom stereocenters. The molecule has 132 valence electrons. The van der Waals surface area contributed by atoms with E-state index in [9.17, 15) is 8.42 Å². The summed E-state index contributed by atoms with van der Waals surface area (Å²) in [4.78, 5) is 0.355. The highest BCUT2D eigenvalue weighted by molar-refractivity contribution is 7.89. The minimum atomic E-state index is -3.54. The topological polar surface area (TPSA) is 64.4 Å². The third-order valence-electron chi connectivity index (χ3n) is 4.30. The Labute approximate surface area is 139 Å². The molecule has 0 spiro atoms. The molecule has 23 heavy (non-hydrogen) atoms. The maximum atomic E-state index is 13.2. The molecule has 0 bridgehead atoms. The molecule has 1 aliphatic heterocycles. The molecule has 1 saturated heterocycles. The van der Waals surface area contributed by atoms with Crippen molar-refractivity contribution in [3.63, 3.8) is 0 Å². The predicted molar refractivity (Wildman–Crippen MR) is 90.1 cm³/mol. The van der Waals surface area contributed by atoms with Crippen LogP contribution in [-0.2, 0) is 20.3 Å². The number of aryl methyl sites for hydroxylation is 1. The zero-order valence-electron chi connectivity index (χ0n) is 15.1. The summed E-state index contributed by atoms with van der Waals surface area (Å²) in [5, 5.41) is 4.48. The van der Waals surface area contributed by atoms with E-state index < -0.39 is 10.0 Å². The van der Waals surface area contributed by atoms with Gasteiger partial charge in [-0.25, -0.2) is 8.42 Å². The molecule has 0 aromatic carbocycles. The minimum Gasteiger partial charge on any atom is -0.381 e. The van der Waals surface area contributed by atoms with Crippen molar-refractivity contribution in [2.24, 2.45) is 5.92 Å². The van der Waals surface area contributed by atoms with Gasteiger partial charge in [0.25, 0.3) is 0 Å². The molecule has 2 heterocycles. The Morgan fingerprint density at radius 1 is 1.35 bits per heavy atom. The highest BCUT2D eigenvalue weighted by Crippen LogP contribution is 2.28. The third-order valence-corrected chi connectivity index (χ3v) is 6.49. The summed E-state index contributed by atoms with van der Waals surface area (Å²) in [5.41, 5.74) is 1.02. The average molecular weight is 343 g/mol. The fourth-order valence-corrected chi connectivity index (χ4v) is 5.08. The fourth-order valence-electron chi connectivity index (χ4n) is 3.20. The first-order valence-corrected chi connectivity index (χ1v) is 9.67. The molecule has 6 nitrogen and oxygen atoms in total. The van der Waals surface area contributed by atoms with Crippen molar-refractivity contribution < 1.29 is 13.2 Å². The second kappa shape index (κ2) is 6.53. The molecule has 1 fully saturated rings. The van der Waals surface area contributed by atoms with Crippen LogP contribution in [0.25, 0.3) is 0 Å². The molecule has 0 saturated carbocycles. The second-order valence-electron chi connectivity index (χ2n) is 7.27. The molecular formula is C16H29N3O3S. The molecule has 0 N–H and O–H groups in total. The summed E-state index contributed by atoms with van der Waals surface area (Å²) in [6.07, 6.45) is 0.922. The lowest BCUT2D eigenvalue weighted by Gasteiger charge is -2.24. The number of rotatable bonds is 5. The Balaban J connectivity index is 2.39. The maximum absolute atomic E-state index is 13.2. The Kier molecular flexibility index (Phi) is 5.23. The van der Waals surface area contributed by atoms with Crippen LogP contribution in [0.15, 0.2) is 4.90 Å². The van der Waals surface area contributed by atoms with E-state index in [2.05, 4.69) is 5.10 Å². The van der Waals surface area contributed by atoms with Gasteiger partial charge in [0.15, 0.2) is 0 Å². The molecule has 2 rings (SSSR count). The highest BCUT2D eigenvalue weighted by Gasteiger charge is 2.34. The maximum Gasteiger partial charge on any atom is 0.246 e. The summed E-state index contributed by atoms with van der Waals surface area (Å²) in [6.45, 7) is 13.9. The van der Waals surface area contributed by atoms with E-state index in [1.165, 1.54) is 0 Å². The van der Waals surface area contributed by atoms with Crippen molar-refractivity contribution in [1.29, 1.82) is 0 Å². The van der Waals surface area contributed by atoms with E-state index in [4.69, 9.17) is 4.74 Å². The van der Waals surface area contributed by atoms with Crippen molar-refractivity contribution in [3.05, 3.63) is 11.4 Å². The van der Waals surface area contributed by atoms with Gasteiger partial charge in [0.1, 0.15) is 4.90 Å². The van der Waals surface area contributed by atoms with Crippen molar-refractivity contribution >= 4 is 10.0 Å². The van der Waals surface area contributed by atoms with Crippen molar-refractivity contribution in [3.8, 4) is 0 Å². The van der Waals surface area contributed by atoms with Gasteiger partial charge in [0.2, 0.25) is 10.0 Å². The largest absolute Gasteiger partial charge is 0.381 e. The Morgan fingerprint density at radius 2 is 2.00 bits per heavy atom. The third kappa shape index (κ3) is 3.61. The summed E-state index contributed by atoms with van der Waals surface area (Å²) < 4.78 is 35.1. The van der Waals surface area contributed by atoms with Crippen LogP contribution in [-0.4, -0.2) is 48.8 Å². The van der Waals surface area contributed by atoms with E-state index in [-0.39, 0.29) is 11.5 Å². The van der Waals surface area contributed by atoms with Crippen LogP contribution in [0, 0.1) is 19.8 Å². The zero-order chi connectivity index (χ0) is 17.4. The van der Waals surface area contributed by atoms with Crippen molar-refractivity contribution in [1.82, 2.24) is 14.1 Å². The number of nitrogens with zero attached hydrogens (tertiary/aromatic N) is 3. The van der Waals surface area contributed by atoms with E-state index in [0.29, 0.717) is 36.0 Å². The lowest BCUT2D eigenvalue weighted by atomic mass is 10.1. The summed E-state index contributed by atoms with van der Waals surface area (Å²) in [6, 6.07) is 0. The number of ether oxygens (including phenoxy) is 1. The van der Waals surface area contributed by atoms with Crippen molar-refractivity contribution in [2.75, 3.05) is 26.3 Å². The smallest absolute Gasteiger partial charge is 0.246 e. The van der Waals surface area contributed by atoms with Crippen LogP contribution in [0.2, 0.25) is 0 Å². The van der Waals surface area contributed by atoms with Gasteiger partial charge in [-0.1, -0.05) is 6.92 Å². The van der Waals surface area contributed by atoms with Gasteiger partial charge < -0.3 is 4.74 Å². The van der Waals surface area contributed by atoms with Crippen LogP contribution in [0.3, 0.4) is 0 Å². The van der Waals surface area contributed by atoms with Crippen LogP contribution >= 0.6 is 0 Å². The van der Waals surface area contributed by atoms with E-state index in [0.717, 1.165) is 13.0 Å². The quantitative estimate of drug-likeness (QED) is 0.823. The van der Waals surface area contributed by atoms with Gasteiger partial charge in [-0.3, -0.25) is 4.68 Å². The van der Waals surface area contributed by atoms with Gasteiger partial charge in [-0.2, -0.15) is 9.40 Å². The lowest BCUT2D eigenvalue weighted by Crippen LogP contribution is -2.36. The van der Waals surface area contributed by atoms with Gasteiger partial charge >= 0.3 is 0 Å². The molecule has 0 unspecified atom stereocenters. The van der Waals surface area contributed by atoms with Crippen LogP contribution < -0.4 is 0 Å². The molecule has 0 radical (unpaired) electrons. The number of hydrogen-bond acceptors (Lipinski definition) is 4. The van der Waals surface area contributed by atoms with Crippen LogP contribution in [0.4, 0.5) is 0 Å². The normalized spacial score (nSPS) is 19.7. The molecule has 7 heteroatoms. The molecule has 0 aliphatic carbocycles. The minimum absolute atomic E-state index is 0.251. The van der Waals surface area contributed by atoms with Gasteiger partial charge in [-0.05, 0) is 47.0 Å².